The Balaban J connectivity index is 1.44. The fourth-order valence-electron chi connectivity index (χ4n) is 3.83. The molecule has 5 nitrogen and oxygen atoms in total. The second-order valence-corrected chi connectivity index (χ2v) is 9.03. The molecule has 26 heavy (non-hydrogen) atoms. The molecular weight excluding hydrogens is 348 g/mol. The van der Waals surface area contributed by atoms with Gasteiger partial charge in [0, 0.05) is 32.2 Å². The first-order valence-electron chi connectivity index (χ1n) is 8.94. The molecule has 0 spiro atoms. The third kappa shape index (κ3) is 3.02. The van der Waals surface area contributed by atoms with Gasteiger partial charge in [-0.2, -0.15) is 4.31 Å². The van der Waals surface area contributed by atoms with Gasteiger partial charge in [0.2, 0.25) is 10.0 Å². The van der Waals surface area contributed by atoms with Gasteiger partial charge >= 0.3 is 0 Å². The van der Waals surface area contributed by atoms with Crippen molar-refractivity contribution in [2.24, 2.45) is 0 Å². The first-order valence-corrected chi connectivity index (χ1v) is 10.4. The lowest BCUT2D eigenvalue weighted by molar-refractivity contribution is 0.0769. The lowest BCUT2D eigenvalue weighted by atomic mass is 9.97. The molecule has 0 saturated carbocycles. The highest BCUT2D eigenvalue weighted by Crippen LogP contribution is 2.30. The molecule has 2 aliphatic rings. The summed E-state index contributed by atoms with van der Waals surface area (Å²) in [7, 11) is -1.84. The summed E-state index contributed by atoms with van der Waals surface area (Å²) in [5.74, 6) is 0.706. The van der Waals surface area contributed by atoms with Crippen molar-refractivity contribution in [3.8, 4) is 5.75 Å². The van der Waals surface area contributed by atoms with Crippen LogP contribution >= 0.6 is 0 Å². The standard InChI is InChI=1S/C20H24N2O3S/c1-15-11-19(7-8-20(15)25-2)26(23,24)22-13-18(14-22)21-10-9-16-5-3-4-6-17(16)12-21/h3-8,11,18H,9-10,12-14H2,1-2H3. The third-order valence-corrected chi connectivity index (χ3v) is 7.34. The Morgan fingerprint density at radius 2 is 1.81 bits per heavy atom. The van der Waals surface area contributed by atoms with Crippen LogP contribution in [0.4, 0.5) is 0 Å². The average Bonchev–Trinajstić information content (AvgIpc) is 2.60. The molecular formula is C20H24N2O3S. The van der Waals surface area contributed by atoms with Gasteiger partial charge in [-0.15, -0.1) is 0 Å². The maximum atomic E-state index is 12.9. The molecule has 2 heterocycles. The highest BCUT2D eigenvalue weighted by atomic mass is 32.2. The smallest absolute Gasteiger partial charge is 0.243 e. The quantitative estimate of drug-likeness (QED) is 0.827. The number of ether oxygens (including phenoxy) is 1. The minimum absolute atomic E-state index is 0.303. The van der Waals surface area contributed by atoms with E-state index in [-0.39, 0.29) is 0 Å². The Labute approximate surface area is 155 Å². The van der Waals surface area contributed by atoms with E-state index in [1.54, 1.807) is 29.6 Å². The van der Waals surface area contributed by atoms with Gasteiger partial charge in [0.05, 0.1) is 12.0 Å². The van der Waals surface area contributed by atoms with Crippen LogP contribution in [0.15, 0.2) is 47.4 Å². The van der Waals surface area contributed by atoms with Gasteiger partial charge in [-0.1, -0.05) is 24.3 Å². The van der Waals surface area contributed by atoms with Gasteiger partial charge < -0.3 is 4.74 Å². The molecule has 0 aliphatic carbocycles. The lowest BCUT2D eigenvalue weighted by Gasteiger charge is -2.46. The molecule has 0 amide bonds. The number of aryl methyl sites for hydroxylation is 1. The highest BCUT2D eigenvalue weighted by molar-refractivity contribution is 7.89. The van der Waals surface area contributed by atoms with Crippen molar-refractivity contribution in [3.63, 3.8) is 0 Å². The van der Waals surface area contributed by atoms with Gasteiger partial charge in [0.1, 0.15) is 5.75 Å². The zero-order valence-corrected chi connectivity index (χ0v) is 16.0. The van der Waals surface area contributed by atoms with E-state index in [4.69, 9.17) is 4.74 Å². The van der Waals surface area contributed by atoms with E-state index in [0.717, 1.165) is 25.1 Å². The van der Waals surface area contributed by atoms with Crippen LogP contribution in [-0.2, 0) is 23.0 Å². The number of nitrogens with zero attached hydrogens (tertiary/aromatic N) is 2. The number of hydrogen-bond donors (Lipinski definition) is 0. The third-order valence-electron chi connectivity index (χ3n) is 5.51. The van der Waals surface area contributed by atoms with E-state index in [2.05, 4.69) is 29.2 Å². The van der Waals surface area contributed by atoms with Crippen molar-refractivity contribution >= 4 is 10.0 Å². The van der Waals surface area contributed by atoms with Crippen molar-refractivity contribution in [1.82, 2.24) is 9.21 Å². The van der Waals surface area contributed by atoms with Crippen LogP contribution < -0.4 is 4.74 Å². The number of rotatable bonds is 4. The van der Waals surface area contributed by atoms with Crippen molar-refractivity contribution in [1.29, 1.82) is 0 Å². The summed E-state index contributed by atoms with van der Waals surface area (Å²) in [5.41, 5.74) is 3.62. The Morgan fingerprint density at radius 1 is 1.08 bits per heavy atom. The second kappa shape index (κ2) is 6.68. The van der Waals surface area contributed by atoms with E-state index < -0.39 is 10.0 Å². The summed E-state index contributed by atoms with van der Waals surface area (Å²) in [5, 5.41) is 0. The summed E-state index contributed by atoms with van der Waals surface area (Å²) in [6.07, 6.45) is 1.04. The first kappa shape index (κ1) is 17.5. The number of hydrogen-bond acceptors (Lipinski definition) is 4. The van der Waals surface area contributed by atoms with E-state index in [1.165, 1.54) is 11.1 Å². The Bertz CT molecular complexity index is 920. The van der Waals surface area contributed by atoms with Crippen LogP contribution in [0.5, 0.6) is 5.75 Å². The summed E-state index contributed by atoms with van der Waals surface area (Å²) in [6, 6.07) is 13.9. The van der Waals surface area contributed by atoms with Crippen molar-refractivity contribution in [2.45, 2.75) is 30.8 Å². The van der Waals surface area contributed by atoms with Crippen LogP contribution in [0, 0.1) is 6.92 Å². The topological polar surface area (TPSA) is 49.9 Å². The van der Waals surface area contributed by atoms with Crippen LogP contribution in [0.25, 0.3) is 0 Å². The van der Waals surface area contributed by atoms with Crippen molar-refractivity contribution < 1.29 is 13.2 Å². The maximum Gasteiger partial charge on any atom is 0.243 e. The number of fused-ring (bicyclic) bond motifs is 1. The molecule has 2 aliphatic heterocycles. The Kier molecular flexibility index (Phi) is 4.50. The predicted octanol–water partition coefficient (Wildman–Crippen LogP) is 2.43. The summed E-state index contributed by atoms with van der Waals surface area (Å²) >= 11 is 0. The number of benzene rings is 2. The molecule has 138 valence electrons. The average molecular weight is 372 g/mol. The van der Waals surface area contributed by atoms with Gasteiger partial charge in [0.15, 0.2) is 0 Å². The maximum absolute atomic E-state index is 12.9. The molecule has 0 radical (unpaired) electrons. The Morgan fingerprint density at radius 3 is 2.50 bits per heavy atom. The molecule has 2 aromatic rings. The molecule has 0 atom stereocenters. The molecule has 0 bridgehead atoms. The molecule has 1 fully saturated rings. The molecule has 0 aromatic heterocycles. The zero-order chi connectivity index (χ0) is 18.3. The SMILES string of the molecule is COc1ccc(S(=O)(=O)N2CC(N3CCc4ccccc4C3)C2)cc1C. The molecule has 2 aromatic carbocycles. The van der Waals surface area contributed by atoms with Crippen LogP contribution in [0.2, 0.25) is 0 Å². The van der Waals surface area contributed by atoms with Crippen molar-refractivity contribution in [2.75, 3.05) is 26.7 Å². The lowest BCUT2D eigenvalue weighted by Crippen LogP contribution is -2.61. The minimum Gasteiger partial charge on any atom is -0.496 e. The van der Waals surface area contributed by atoms with Crippen LogP contribution in [0.3, 0.4) is 0 Å². The summed E-state index contributed by atoms with van der Waals surface area (Å²) in [4.78, 5) is 2.76. The molecule has 4 rings (SSSR count). The van der Waals surface area contributed by atoms with Gasteiger partial charge in [-0.25, -0.2) is 8.42 Å². The van der Waals surface area contributed by atoms with E-state index in [0.29, 0.717) is 29.8 Å². The van der Waals surface area contributed by atoms with E-state index >= 15 is 0 Å². The minimum atomic E-state index is -3.43. The first-order chi connectivity index (χ1) is 12.5. The monoisotopic (exact) mass is 372 g/mol. The molecule has 0 unspecified atom stereocenters. The highest BCUT2D eigenvalue weighted by Gasteiger charge is 2.40. The molecule has 0 N–H and O–H groups in total. The predicted molar refractivity (Wildman–Crippen MR) is 101 cm³/mol. The van der Waals surface area contributed by atoms with Gasteiger partial charge in [-0.3, -0.25) is 4.90 Å². The zero-order valence-electron chi connectivity index (χ0n) is 15.2. The second-order valence-electron chi connectivity index (χ2n) is 7.10. The largest absolute Gasteiger partial charge is 0.496 e. The van der Waals surface area contributed by atoms with Gasteiger partial charge in [0.25, 0.3) is 0 Å². The van der Waals surface area contributed by atoms with Crippen LogP contribution in [0.1, 0.15) is 16.7 Å². The number of methoxy groups -OCH3 is 1. The Hall–Kier alpha value is -1.89. The fourth-order valence-corrected chi connectivity index (χ4v) is 5.43. The summed E-state index contributed by atoms with van der Waals surface area (Å²) < 4.78 is 32.5. The van der Waals surface area contributed by atoms with Crippen LogP contribution in [-0.4, -0.2) is 50.4 Å². The summed E-state index contributed by atoms with van der Waals surface area (Å²) in [6.45, 7) is 4.90. The normalized spacial score (nSPS) is 19.0. The molecule has 6 heteroatoms. The van der Waals surface area contributed by atoms with E-state index in [1.807, 2.05) is 6.92 Å². The fraction of sp³-hybridized carbons (Fsp3) is 0.400. The van der Waals surface area contributed by atoms with E-state index in [9.17, 15) is 8.42 Å². The number of sulfonamides is 1. The van der Waals surface area contributed by atoms with Gasteiger partial charge in [-0.05, 0) is 48.2 Å². The molecule has 1 saturated heterocycles. The van der Waals surface area contributed by atoms with Crippen molar-refractivity contribution in [3.05, 3.63) is 59.2 Å².